The second kappa shape index (κ2) is 6.65. The van der Waals surface area contributed by atoms with Gasteiger partial charge in [0.15, 0.2) is 0 Å². The molecule has 2 atom stereocenters. The summed E-state index contributed by atoms with van der Waals surface area (Å²) in [6, 6.07) is 8.10. The molecule has 1 aromatic rings. The average Bonchev–Trinajstić information content (AvgIpc) is 2.26. The second-order valence-electron chi connectivity index (χ2n) is 5.13. The van der Waals surface area contributed by atoms with E-state index in [-0.39, 0.29) is 0 Å². The number of benzene rings is 1. The number of aromatic hydroxyl groups is 1. The van der Waals surface area contributed by atoms with Gasteiger partial charge >= 0.3 is 0 Å². The van der Waals surface area contributed by atoms with Gasteiger partial charge in [0.05, 0.1) is 0 Å². The third-order valence-corrected chi connectivity index (χ3v) is 3.41. The second-order valence-corrected chi connectivity index (χ2v) is 5.13. The Kier molecular flexibility index (Phi) is 5.49. The lowest BCUT2D eigenvalue weighted by Gasteiger charge is -2.28. The van der Waals surface area contributed by atoms with E-state index < -0.39 is 0 Å². The zero-order valence-electron chi connectivity index (χ0n) is 11.4. The molecule has 0 bridgehead atoms. The Hall–Kier alpha value is -1.02. The molecule has 2 N–H and O–H groups in total. The van der Waals surface area contributed by atoms with Crippen molar-refractivity contribution in [3.05, 3.63) is 29.8 Å². The highest BCUT2D eigenvalue weighted by molar-refractivity contribution is 5.27. The molecule has 0 aliphatic rings. The number of rotatable bonds is 6. The first kappa shape index (κ1) is 14.0. The van der Waals surface area contributed by atoms with Gasteiger partial charge in [0, 0.05) is 6.04 Å². The lowest BCUT2D eigenvalue weighted by Crippen LogP contribution is -2.37. The lowest BCUT2D eigenvalue weighted by molar-refractivity contribution is 0.291. The maximum absolute atomic E-state index is 9.49. The van der Waals surface area contributed by atoms with Crippen LogP contribution in [0.1, 0.15) is 33.3 Å². The van der Waals surface area contributed by atoms with Crippen molar-refractivity contribution in [1.29, 1.82) is 0 Å². The van der Waals surface area contributed by atoms with Gasteiger partial charge in [0.2, 0.25) is 0 Å². The Morgan fingerprint density at radius 3 is 2.47 bits per heavy atom. The molecule has 2 nitrogen and oxygen atoms in total. The van der Waals surface area contributed by atoms with Gasteiger partial charge in [0.1, 0.15) is 5.75 Å². The van der Waals surface area contributed by atoms with E-state index in [1.807, 2.05) is 12.1 Å². The van der Waals surface area contributed by atoms with Crippen molar-refractivity contribution in [1.82, 2.24) is 5.32 Å². The summed E-state index contributed by atoms with van der Waals surface area (Å²) >= 11 is 0. The van der Waals surface area contributed by atoms with Gasteiger partial charge in [-0.2, -0.15) is 0 Å². The van der Waals surface area contributed by atoms with E-state index in [1.165, 1.54) is 5.56 Å². The summed E-state index contributed by atoms with van der Waals surface area (Å²) in [5, 5.41) is 13.0. The number of hydrogen-bond donors (Lipinski definition) is 2. The highest BCUT2D eigenvalue weighted by Crippen LogP contribution is 2.22. The van der Waals surface area contributed by atoms with Crippen molar-refractivity contribution >= 4 is 0 Å². The quantitative estimate of drug-likeness (QED) is 0.793. The fraction of sp³-hybridized carbons (Fsp3) is 0.600. The van der Waals surface area contributed by atoms with Gasteiger partial charge in [-0.1, -0.05) is 32.9 Å². The molecule has 2 heteroatoms. The zero-order chi connectivity index (χ0) is 12.8. The Bertz CT molecular complexity index is 335. The predicted molar refractivity (Wildman–Crippen MR) is 73.3 cm³/mol. The third kappa shape index (κ3) is 4.39. The molecule has 0 heterocycles. The van der Waals surface area contributed by atoms with Crippen LogP contribution in [0.2, 0.25) is 0 Å². The Morgan fingerprint density at radius 2 is 1.94 bits per heavy atom. The fourth-order valence-corrected chi connectivity index (χ4v) is 2.42. The van der Waals surface area contributed by atoms with Crippen LogP contribution in [0.25, 0.3) is 0 Å². The van der Waals surface area contributed by atoms with Gasteiger partial charge < -0.3 is 10.4 Å². The number of nitrogens with one attached hydrogen (secondary N) is 1. The first-order valence-corrected chi connectivity index (χ1v) is 6.55. The molecule has 17 heavy (non-hydrogen) atoms. The highest BCUT2D eigenvalue weighted by Gasteiger charge is 2.20. The van der Waals surface area contributed by atoms with Crippen LogP contribution in [-0.4, -0.2) is 17.7 Å². The Morgan fingerprint density at radius 1 is 1.24 bits per heavy atom. The minimum Gasteiger partial charge on any atom is -0.508 e. The normalized spacial score (nSPS) is 14.9. The maximum Gasteiger partial charge on any atom is 0.115 e. The summed E-state index contributed by atoms with van der Waals surface area (Å²) in [7, 11) is 0. The number of phenolic OH excluding ortho intramolecular Hbond substituents is 1. The standard InChI is InChI=1S/C15H25NO/c1-5-16-12(4)15(11(2)3)10-13-7-6-8-14(17)9-13/h6-9,11-12,15-17H,5,10H2,1-4H3. The van der Waals surface area contributed by atoms with E-state index in [0.29, 0.717) is 23.6 Å². The number of phenols is 1. The van der Waals surface area contributed by atoms with Crippen molar-refractivity contribution in [3.8, 4) is 5.75 Å². The van der Waals surface area contributed by atoms with Gasteiger partial charge in [-0.3, -0.25) is 0 Å². The van der Waals surface area contributed by atoms with Crippen LogP contribution >= 0.6 is 0 Å². The average molecular weight is 235 g/mol. The highest BCUT2D eigenvalue weighted by atomic mass is 16.3. The molecule has 0 radical (unpaired) electrons. The monoisotopic (exact) mass is 235 g/mol. The van der Waals surface area contributed by atoms with Crippen molar-refractivity contribution in [3.63, 3.8) is 0 Å². The maximum atomic E-state index is 9.49. The van der Waals surface area contributed by atoms with Gasteiger partial charge in [0.25, 0.3) is 0 Å². The Balaban J connectivity index is 2.73. The molecule has 96 valence electrons. The van der Waals surface area contributed by atoms with Gasteiger partial charge in [-0.05, 0) is 49.4 Å². The third-order valence-electron chi connectivity index (χ3n) is 3.41. The topological polar surface area (TPSA) is 32.3 Å². The first-order chi connectivity index (χ1) is 8.04. The van der Waals surface area contributed by atoms with Crippen LogP contribution in [-0.2, 0) is 6.42 Å². The molecular formula is C15H25NO. The molecule has 0 fully saturated rings. The molecule has 0 aliphatic carbocycles. The van der Waals surface area contributed by atoms with Crippen molar-refractivity contribution < 1.29 is 5.11 Å². The largest absolute Gasteiger partial charge is 0.508 e. The van der Waals surface area contributed by atoms with Crippen molar-refractivity contribution in [2.24, 2.45) is 11.8 Å². The van der Waals surface area contributed by atoms with Gasteiger partial charge in [-0.25, -0.2) is 0 Å². The smallest absolute Gasteiger partial charge is 0.115 e. The van der Waals surface area contributed by atoms with E-state index >= 15 is 0 Å². The molecule has 0 aliphatic heterocycles. The van der Waals surface area contributed by atoms with Crippen LogP contribution in [0.4, 0.5) is 0 Å². The van der Waals surface area contributed by atoms with Gasteiger partial charge in [-0.15, -0.1) is 0 Å². The summed E-state index contributed by atoms with van der Waals surface area (Å²) in [6.07, 6.45) is 1.01. The predicted octanol–water partition coefficient (Wildman–Crippen LogP) is 3.20. The first-order valence-electron chi connectivity index (χ1n) is 6.55. The summed E-state index contributed by atoms with van der Waals surface area (Å²) in [4.78, 5) is 0. The molecular weight excluding hydrogens is 210 g/mol. The zero-order valence-corrected chi connectivity index (χ0v) is 11.4. The van der Waals surface area contributed by atoms with Crippen LogP contribution in [0.3, 0.4) is 0 Å². The van der Waals surface area contributed by atoms with Crippen LogP contribution in [0, 0.1) is 11.8 Å². The Labute approximate surface area is 105 Å². The molecule has 2 unspecified atom stereocenters. The molecule has 0 amide bonds. The minimum absolute atomic E-state index is 0.362. The number of hydrogen-bond acceptors (Lipinski definition) is 2. The summed E-state index contributed by atoms with van der Waals surface area (Å²) < 4.78 is 0. The SMILES string of the molecule is CCNC(C)C(Cc1cccc(O)c1)C(C)C. The molecule has 0 saturated carbocycles. The fourth-order valence-electron chi connectivity index (χ4n) is 2.42. The molecule has 0 aromatic heterocycles. The van der Waals surface area contributed by atoms with Crippen molar-refractivity contribution in [2.75, 3.05) is 6.54 Å². The van der Waals surface area contributed by atoms with E-state index in [1.54, 1.807) is 6.07 Å². The molecule has 0 spiro atoms. The van der Waals surface area contributed by atoms with E-state index in [0.717, 1.165) is 13.0 Å². The van der Waals surface area contributed by atoms with E-state index in [4.69, 9.17) is 0 Å². The van der Waals surface area contributed by atoms with Crippen LogP contribution < -0.4 is 5.32 Å². The molecule has 0 saturated heterocycles. The summed E-state index contributed by atoms with van der Waals surface area (Å²) in [5.74, 6) is 1.59. The van der Waals surface area contributed by atoms with E-state index in [9.17, 15) is 5.11 Å². The summed E-state index contributed by atoms with van der Waals surface area (Å²) in [5.41, 5.74) is 1.22. The molecule has 1 rings (SSSR count). The minimum atomic E-state index is 0.362. The van der Waals surface area contributed by atoms with Crippen LogP contribution in [0.15, 0.2) is 24.3 Å². The van der Waals surface area contributed by atoms with Crippen molar-refractivity contribution in [2.45, 2.75) is 40.2 Å². The van der Waals surface area contributed by atoms with Crippen LogP contribution in [0.5, 0.6) is 5.75 Å². The summed E-state index contributed by atoms with van der Waals surface area (Å²) in [6.45, 7) is 9.92. The lowest BCUT2D eigenvalue weighted by atomic mass is 9.84. The van der Waals surface area contributed by atoms with E-state index in [2.05, 4.69) is 39.1 Å². The molecule has 1 aromatic carbocycles.